The maximum atomic E-state index is 10.6. The third-order valence-electron chi connectivity index (χ3n) is 4.99. The van der Waals surface area contributed by atoms with Crippen LogP contribution in [0.1, 0.15) is 11.3 Å². The number of carboxylic acid groups (broad SMARTS) is 2. The maximum Gasteiger partial charge on any atom is 0.490 e. The van der Waals surface area contributed by atoms with Crippen LogP contribution in [0.25, 0.3) is 0 Å². The smallest absolute Gasteiger partial charge is 0.475 e. The Kier molecular flexibility index (Phi) is 11.2. The highest BCUT2D eigenvalue weighted by Crippen LogP contribution is 2.19. The third-order valence-corrected chi connectivity index (χ3v) is 4.99. The Balaban J connectivity index is 0.000000317. The number of rotatable bonds is 5. The summed E-state index contributed by atoms with van der Waals surface area (Å²) in [6.45, 7) is 4.62. The van der Waals surface area contributed by atoms with Crippen LogP contribution in [0.15, 0.2) is 61.1 Å². The monoisotopic (exact) mass is 562 g/mol. The molecule has 3 heterocycles. The Morgan fingerprint density at radius 1 is 0.872 bits per heavy atom. The summed E-state index contributed by atoms with van der Waals surface area (Å²) in [5, 5.41) is 22.1. The van der Waals surface area contributed by atoms with Crippen molar-refractivity contribution in [2.24, 2.45) is 5.92 Å². The van der Waals surface area contributed by atoms with Crippen LogP contribution in [0.2, 0.25) is 0 Å². The lowest BCUT2D eigenvalue weighted by molar-refractivity contribution is -0.193. The van der Waals surface area contributed by atoms with E-state index in [0.717, 1.165) is 32.7 Å². The van der Waals surface area contributed by atoms with E-state index in [0.29, 0.717) is 11.9 Å². The van der Waals surface area contributed by atoms with Gasteiger partial charge in [0.15, 0.2) is 0 Å². The van der Waals surface area contributed by atoms with E-state index in [1.807, 2.05) is 12.3 Å². The van der Waals surface area contributed by atoms with Crippen molar-refractivity contribution >= 4 is 17.9 Å². The number of hydrogen-bond donors (Lipinski definition) is 3. The molecule has 1 aliphatic rings. The zero-order valence-corrected chi connectivity index (χ0v) is 20.1. The summed E-state index contributed by atoms with van der Waals surface area (Å²) in [6, 6.07) is 14.6. The first-order valence-corrected chi connectivity index (χ1v) is 11.1. The van der Waals surface area contributed by atoms with Crippen molar-refractivity contribution in [3.8, 4) is 0 Å². The van der Waals surface area contributed by atoms with Crippen LogP contribution in [0.3, 0.4) is 0 Å². The number of carboxylic acids is 2. The Morgan fingerprint density at radius 2 is 1.44 bits per heavy atom. The van der Waals surface area contributed by atoms with E-state index in [1.165, 1.54) is 11.3 Å². The molecule has 1 aromatic carbocycles. The second-order valence-corrected chi connectivity index (χ2v) is 8.09. The molecule has 4 rings (SSSR count). The zero-order valence-electron chi connectivity index (χ0n) is 20.1. The highest BCUT2D eigenvalue weighted by molar-refractivity contribution is 5.73. The van der Waals surface area contributed by atoms with Gasteiger partial charge in [-0.1, -0.05) is 30.3 Å². The molecule has 2 aromatic heterocycles. The number of alkyl halides is 6. The van der Waals surface area contributed by atoms with E-state index in [1.54, 1.807) is 12.4 Å². The molecule has 0 fully saturated rings. The first-order chi connectivity index (χ1) is 18.3. The average molecular weight is 562 g/mol. The molecular formula is C23H24F6N6O4. The molecule has 1 aliphatic heterocycles. The SMILES string of the molecule is O=C(O)C(F)(F)F.O=C(O)C(F)(F)F.c1ccc(CN2Cc3ccnn3CC(CNc3ncccn3)C2)cc1. The highest BCUT2D eigenvalue weighted by Gasteiger charge is 2.38. The minimum Gasteiger partial charge on any atom is -0.475 e. The molecule has 0 saturated heterocycles. The van der Waals surface area contributed by atoms with Crippen molar-refractivity contribution in [3.05, 3.63) is 72.3 Å². The summed E-state index contributed by atoms with van der Waals surface area (Å²) in [4.78, 5) is 28.8. The summed E-state index contributed by atoms with van der Waals surface area (Å²) in [6.07, 6.45) is -4.75. The first-order valence-electron chi connectivity index (χ1n) is 11.1. The van der Waals surface area contributed by atoms with Crippen molar-refractivity contribution in [3.63, 3.8) is 0 Å². The number of halogens is 6. The molecule has 16 heteroatoms. The van der Waals surface area contributed by atoms with Crippen LogP contribution in [0.5, 0.6) is 0 Å². The molecule has 39 heavy (non-hydrogen) atoms. The number of nitrogens with zero attached hydrogens (tertiary/aromatic N) is 5. The molecule has 0 radical (unpaired) electrons. The number of fused-ring (bicyclic) bond motifs is 1. The summed E-state index contributed by atoms with van der Waals surface area (Å²) >= 11 is 0. The molecule has 10 nitrogen and oxygen atoms in total. The van der Waals surface area contributed by atoms with Crippen LogP contribution < -0.4 is 5.32 Å². The van der Waals surface area contributed by atoms with Crippen molar-refractivity contribution < 1.29 is 46.1 Å². The van der Waals surface area contributed by atoms with E-state index in [2.05, 4.69) is 66.4 Å². The van der Waals surface area contributed by atoms with Crippen molar-refractivity contribution in [2.75, 3.05) is 18.4 Å². The first kappa shape index (κ1) is 31.0. The van der Waals surface area contributed by atoms with E-state index in [-0.39, 0.29) is 0 Å². The van der Waals surface area contributed by atoms with Gasteiger partial charge in [-0.3, -0.25) is 9.58 Å². The molecule has 0 aliphatic carbocycles. The van der Waals surface area contributed by atoms with Crippen LogP contribution in [-0.2, 0) is 29.2 Å². The Hall–Kier alpha value is -4.21. The summed E-state index contributed by atoms with van der Waals surface area (Å²) in [5.41, 5.74) is 2.61. The summed E-state index contributed by atoms with van der Waals surface area (Å²) in [7, 11) is 0. The van der Waals surface area contributed by atoms with Gasteiger partial charge >= 0.3 is 24.3 Å². The van der Waals surface area contributed by atoms with Gasteiger partial charge < -0.3 is 15.5 Å². The zero-order chi connectivity index (χ0) is 29.1. The van der Waals surface area contributed by atoms with Crippen LogP contribution in [-0.4, -0.2) is 72.2 Å². The van der Waals surface area contributed by atoms with Gasteiger partial charge in [-0.15, -0.1) is 0 Å². The van der Waals surface area contributed by atoms with Gasteiger partial charge in [0.05, 0.1) is 5.69 Å². The van der Waals surface area contributed by atoms with Gasteiger partial charge in [-0.25, -0.2) is 19.6 Å². The average Bonchev–Trinajstić information content (AvgIpc) is 3.22. The molecule has 3 N–H and O–H groups in total. The molecule has 0 saturated carbocycles. The quantitative estimate of drug-likeness (QED) is 0.398. The number of nitrogens with one attached hydrogen (secondary N) is 1. The van der Waals surface area contributed by atoms with E-state index >= 15 is 0 Å². The van der Waals surface area contributed by atoms with Gasteiger partial charge in [0.25, 0.3) is 0 Å². The van der Waals surface area contributed by atoms with Crippen molar-refractivity contribution in [1.29, 1.82) is 0 Å². The maximum absolute atomic E-state index is 10.6. The number of benzene rings is 1. The molecule has 1 atom stereocenters. The van der Waals surface area contributed by atoms with E-state index in [4.69, 9.17) is 19.8 Å². The lowest BCUT2D eigenvalue weighted by Gasteiger charge is -2.24. The minimum atomic E-state index is -5.08. The molecular weight excluding hydrogens is 538 g/mol. The molecule has 0 spiro atoms. The molecule has 0 amide bonds. The molecule has 3 aromatic rings. The highest BCUT2D eigenvalue weighted by atomic mass is 19.4. The number of carbonyl (C=O) groups is 2. The van der Waals surface area contributed by atoms with Gasteiger partial charge in [-0.05, 0) is 17.7 Å². The molecule has 1 unspecified atom stereocenters. The normalized spacial score (nSPS) is 15.4. The summed E-state index contributed by atoms with van der Waals surface area (Å²) in [5.74, 6) is -4.39. The largest absolute Gasteiger partial charge is 0.490 e. The fourth-order valence-corrected chi connectivity index (χ4v) is 3.34. The van der Waals surface area contributed by atoms with Crippen molar-refractivity contribution in [2.45, 2.75) is 32.0 Å². The van der Waals surface area contributed by atoms with Crippen LogP contribution in [0, 0.1) is 5.92 Å². The lowest BCUT2D eigenvalue weighted by atomic mass is 10.1. The van der Waals surface area contributed by atoms with Gasteiger partial charge in [-0.2, -0.15) is 31.4 Å². The van der Waals surface area contributed by atoms with Gasteiger partial charge in [0.2, 0.25) is 5.95 Å². The predicted octanol–water partition coefficient (Wildman–Crippen LogP) is 3.68. The number of aliphatic carboxylic acids is 2. The lowest BCUT2D eigenvalue weighted by Crippen LogP contribution is -2.31. The number of hydrogen-bond acceptors (Lipinski definition) is 7. The van der Waals surface area contributed by atoms with Crippen LogP contribution in [0.4, 0.5) is 32.3 Å². The number of aromatic nitrogens is 4. The predicted molar refractivity (Wildman–Crippen MR) is 124 cm³/mol. The van der Waals surface area contributed by atoms with E-state index in [9.17, 15) is 26.3 Å². The third kappa shape index (κ3) is 11.4. The van der Waals surface area contributed by atoms with Gasteiger partial charge in [0.1, 0.15) is 0 Å². The second kappa shape index (κ2) is 14.1. The topological polar surface area (TPSA) is 133 Å². The van der Waals surface area contributed by atoms with E-state index < -0.39 is 24.3 Å². The second-order valence-electron chi connectivity index (χ2n) is 8.09. The summed E-state index contributed by atoms with van der Waals surface area (Å²) < 4.78 is 65.6. The van der Waals surface area contributed by atoms with Crippen LogP contribution >= 0.6 is 0 Å². The number of anilines is 1. The minimum absolute atomic E-state index is 0.439. The Bertz CT molecular complexity index is 1150. The Morgan fingerprint density at radius 3 is 1.97 bits per heavy atom. The molecule has 0 bridgehead atoms. The fraction of sp³-hybridized carbons (Fsp3) is 0.348. The Labute approximate surface area is 217 Å². The fourth-order valence-electron chi connectivity index (χ4n) is 3.34. The molecule has 212 valence electrons. The standard InChI is InChI=1S/C19H22N6.2C2HF3O2/c1-2-5-16(6-3-1)12-24-13-17(11-22-19-20-8-4-9-21-19)14-25-18(15-24)7-10-23-25;2*3-2(4,5)1(6)7/h1-10,17H,11-15H2,(H,20,21,22);2*(H,6,7). The van der Waals surface area contributed by atoms with Gasteiger partial charge in [0, 0.05) is 57.2 Å². The van der Waals surface area contributed by atoms with Crippen molar-refractivity contribution in [1.82, 2.24) is 24.6 Å².